The maximum Gasteiger partial charge on any atom is 0.202 e. The van der Waals surface area contributed by atoms with E-state index in [0.717, 1.165) is 27.5 Å². The Bertz CT molecular complexity index is 1110. The molecule has 2 aromatic carbocycles. The summed E-state index contributed by atoms with van der Waals surface area (Å²) >= 11 is 7.41. The van der Waals surface area contributed by atoms with E-state index in [1.807, 2.05) is 28.4 Å². The Kier molecular flexibility index (Phi) is 5.39. The first-order valence-corrected chi connectivity index (χ1v) is 10.6. The summed E-state index contributed by atoms with van der Waals surface area (Å²) in [5.74, 6) is 0.983. The van der Waals surface area contributed by atoms with Crippen molar-refractivity contribution in [2.24, 2.45) is 7.05 Å². The van der Waals surface area contributed by atoms with Crippen LogP contribution in [0.2, 0.25) is 0 Å². The molecule has 1 unspecified atom stereocenters. The smallest absolute Gasteiger partial charge is 0.202 e. The van der Waals surface area contributed by atoms with Gasteiger partial charge in [-0.1, -0.05) is 42.5 Å². The molecule has 7 heteroatoms. The number of rotatable bonds is 6. The third kappa shape index (κ3) is 3.78. The van der Waals surface area contributed by atoms with Crippen LogP contribution < -0.4 is 4.90 Å². The molecule has 0 bridgehead atoms. The van der Waals surface area contributed by atoms with Gasteiger partial charge in [-0.15, -0.1) is 11.3 Å². The van der Waals surface area contributed by atoms with Crippen LogP contribution in [0.4, 0.5) is 0 Å². The second-order valence-electron chi connectivity index (χ2n) is 7.17. The van der Waals surface area contributed by atoms with E-state index < -0.39 is 0 Å². The number of nitrogens with zero attached hydrogens (tertiary/aromatic N) is 4. The lowest BCUT2D eigenvalue weighted by Gasteiger charge is -2.19. The number of benzene rings is 2. The van der Waals surface area contributed by atoms with Crippen molar-refractivity contribution in [2.75, 3.05) is 7.05 Å². The van der Waals surface area contributed by atoms with Crippen LogP contribution in [0.1, 0.15) is 29.4 Å². The molecule has 0 spiro atoms. The van der Waals surface area contributed by atoms with E-state index >= 15 is 0 Å². The number of quaternary nitrogens is 1. The number of nitrogens with one attached hydrogen (secondary N) is 1. The second-order valence-corrected chi connectivity index (χ2v) is 8.59. The molecule has 0 aliphatic carbocycles. The lowest BCUT2D eigenvalue weighted by atomic mass is 10.1. The first-order valence-electron chi connectivity index (χ1n) is 9.37. The molecular formula is C21H24N5S2+. The van der Waals surface area contributed by atoms with Gasteiger partial charge in [-0.2, -0.15) is 9.78 Å². The van der Waals surface area contributed by atoms with Crippen molar-refractivity contribution in [1.29, 1.82) is 0 Å². The molecule has 0 fully saturated rings. The zero-order chi connectivity index (χ0) is 19.7. The van der Waals surface area contributed by atoms with Crippen LogP contribution in [0, 0.1) is 4.77 Å². The Morgan fingerprint density at radius 2 is 1.82 bits per heavy atom. The van der Waals surface area contributed by atoms with Gasteiger partial charge < -0.3 is 9.47 Å². The molecule has 0 amide bonds. The van der Waals surface area contributed by atoms with Crippen LogP contribution in [0.15, 0.2) is 54.6 Å². The molecule has 144 valence electrons. The maximum atomic E-state index is 5.64. The van der Waals surface area contributed by atoms with Crippen molar-refractivity contribution in [3.63, 3.8) is 0 Å². The first kappa shape index (κ1) is 19.0. The lowest BCUT2D eigenvalue weighted by molar-refractivity contribution is -0.933. The Labute approximate surface area is 173 Å². The SMILES string of the molecule is C[C@H](c1nc2ccccc2s1)[NH+](C)Cn1nc(Cc2ccccc2)n(C)c1=S. The quantitative estimate of drug-likeness (QED) is 0.496. The number of hydrogen-bond acceptors (Lipinski definition) is 4. The van der Waals surface area contributed by atoms with Gasteiger partial charge in [-0.05, 0) is 36.8 Å². The van der Waals surface area contributed by atoms with Crippen molar-refractivity contribution in [1.82, 2.24) is 19.3 Å². The van der Waals surface area contributed by atoms with E-state index in [1.54, 1.807) is 11.3 Å². The number of fused-ring (bicyclic) bond motifs is 1. The Balaban J connectivity index is 1.53. The fourth-order valence-corrected chi connectivity index (χ4v) is 4.55. The van der Waals surface area contributed by atoms with E-state index in [0.29, 0.717) is 6.67 Å². The molecule has 0 saturated heterocycles. The van der Waals surface area contributed by atoms with E-state index in [9.17, 15) is 0 Å². The van der Waals surface area contributed by atoms with Gasteiger partial charge in [0.2, 0.25) is 4.77 Å². The molecule has 4 rings (SSSR count). The monoisotopic (exact) mass is 410 g/mol. The molecule has 2 aromatic heterocycles. The molecule has 2 heterocycles. The largest absolute Gasteiger partial charge is 0.311 e. The fourth-order valence-electron chi connectivity index (χ4n) is 3.23. The molecule has 0 aliphatic rings. The van der Waals surface area contributed by atoms with Gasteiger partial charge in [-0.3, -0.25) is 0 Å². The summed E-state index contributed by atoms with van der Waals surface area (Å²) in [5, 5.41) is 5.95. The third-order valence-electron chi connectivity index (χ3n) is 5.16. The summed E-state index contributed by atoms with van der Waals surface area (Å²) in [4.78, 5) is 6.12. The minimum Gasteiger partial charge on any atom is -0.311 e. The second kappa shape index (κ2) is 7.95. The lowest BCUT2D eigenvalue weighted by Crippen LogP contribution is -3.08. The number of hydrogen-bond donors (Lipinski definition) is 1. The Morgan fingerprint density at radius 3 is 2.57 bits per heavy atom. The van der Waals surface area contributed by atoms with Crippen LogP contribution in [0.3, 0.4) is 0 Å². The zero-order valence-electron chi connectivity index (χ0n) is 16.3. The zero-order valence-corrected chi connectivity index (χ0v) is 17.9. The summed E-state index contributed by atoms with van der Waals surface area (Å²) in [6.45, 7) is 2.92. The van der Waals surface area contributed by atoms with Crippen LogP contribution in [-0.2, 0) is 20.1 Å². The predicted octanol–water partition coefficient (Wildman–Crippen LogP) is 3.38. The standard InChI is InChI=1S/C21H23N5S2/c1-15(20-22-17-11-7-8-12-18(17)28-20)24(2)14-26-21(27)25(3)19(23-26)13-16-9-5-4-6-10-16/h4-12,15H,13-14H2,1-3H3/p+1/t15-/m1/s1. The average molecular weight is 411 g/mol. The van der Waals surface area contributed by atoms with Gasteiger partial charge in [0.25, 0.3) is 0 Å². The number of para-hydroxylation sites is 1. The van der Waals surface area contributed by atoms with Crippen molar-refractivity contribution in [2.45, 2.75) is 26.1 Å². The van der Waals surface area contributed by atoms with Crippen molar-refractivity contribution in [3.05, 3.63) is 75.8 Å². The number of thiazole rings is 1. The third-order valence-corrected chi connectivity index (χ3v) is 6.86. The van der Waals surface area contributed by atoms with Gasteiger partial charge in [0.1, 0.15) is 11.9 Å². The van der Waals surface area contributed by atoms with Gasteiger partial charge in [-0.25, -0.2) is 4.98 Å². The topological polar surface area (TPSA) is 40.1 Å². The molecule has 0 radical (unpaired) electrons. The van der Waals surface area contributed by atoms with Gasteiger partial charge in [0, 0.05) is 13.5 Å². The van der Waals surface area contributed by atoms with E-state index in [-0.39, 0.29) is 6.04 Å². The van der Waals surface area contributed by atoms with Crippen LogP contribution in [-0.4, -0.2) is 26.4 Å². The summed E-state index contributed by atoms with van der Waals surface area (Å²) in [6, 6.07) is 18.9. The predicted molar refractivity (Wildman–Crippen MR) is 116 cm³/mol. The summed E-state index contributed by atoms with van der Waals surface area (Å²) < 4.78 is 5.93. The maximum absolute atomic E-state index is 5.64. The molecule has 28 heavy (non-hydrogen) atoms. The Morgan fingerprint density at radius 1 is 1.11 bits per heavy atom. The molecule has 0 saturated carbocycles. The van der Waals surface area contributed by atoms with Gasteiger partial charge in [0.15, 0.2) is 11.7 Å². The molecule has 4 aromatic rings. The number of aromatic nitrogens is 4. The first-order chi connectivity index (χ1) is 13.5. The van der Waals surface area contributed by atoms with Crippen LogP contribution in [0.25, 0.3) is 10.2 Å². The Hall–Kier alpha value is -2.35. The molecule has 5 nitrogen and oxygen atoms in total. The highest BCUT2D eigenvalue weighted by Gasteiger charge is 2.21. The van der Waals surface area contributed by atoms with Crippen molar-refractivity contribution in [3.8, 4) is 0 Å². The molecule has 1 N–H and O–H groups in total. The van der Waals surface area contributed by atoms with E-state index in [2.05, 4.69) is 56.4 Å². The van der Waals surface area contributed by atoms with E-state index in [4.69, 9.17) is 22.3 Å². The van der Waals surface area contributed by atoms with Gasteiger partial charge in [0.05, 0.1) is 17.3 Å². The minimum absolute atomic E-state index is 0.263. The molecule has 2 atom stereocenters. The van der Waals surface area contributed by atoms with Crippen LogP contribution >= 0.6 is 23.6 Å². The van der Waals surface area contributed by atoms with Crippen molar-refractivity contribution < 1.29 is 4.90 Å². The summed E-state index contributed by atoms with van der Waals surface area (Å²) in [7, 11) is 4.17. The van der Waals surface area contributed by atoms with Crippen molar-refractivity contribution >= 4 is 33.8 Å². The highest BCUT2D eigenvalue weighted by Crippen LogP contribution is 2.24. The molecular weight excluding hydrogens is 386 g/mol. The van der Waals surface area contributed by atoms with E-state index in [1.165, 1.54) is 15.2 Å². The fraction of sp³-hybridized carbons (Fsp3) is 0.286. The van der Waals surface area contributed by atoms with Gasteiger partial charge >= 0.3 is 0 Å². The normalized spacial score (nSPS) is 13.7. The highest BCUT2D eigenvalue weighted by molar-refractivity contribution is 7.71. The van der Waals surface area contributed by atoms with Crippen LogP contribution in [0.5, 0.6) is 0 Å². The minimum atomic E-state index is 0.263. The summed E-state index contributed by atoms with van der Waals surface area (Å²) in [6.07, 6.45) is 0.778. The highest BCUT2D eigenvalue weighted by atomic mass is 32.1. The average Bonchev–Trinajstić information content (AvgIpc) is 3.25. The molecule has 0 aliphatic heterocycles. The summed E-state index contributed by atoms with van der Waals surface area (Å²) in [5.41, 5.74) is 2.31.